The van der Waals surface area contributed by atoms with E-state index in [1.807, 2.05) is 78.9 Å². The monoisotopic (exact) mass is 412 g/mol. The van der Waals surface area contributed by atoms with E-state index in [9.17, 15) is 9.59 Å². The number of para-hydroxylation sites is 2. The van der Waals surface area contributed by atoms with Crippen LogP contribution < -0.4 is 0 Å². The zero-order valence-corrected chi connectivity index (χ0v) is 17.6. The number of aromatic nitrogens is 1. The number of hydrogen-bond donors (Lipinski definition) is 0. The summed E-state index contributed by atoms with van der Waals surface area (Å²) in [5.41, 5.74) is 3.29. The van der Waals surface area contributed by atoms with Gasteiger partial charge in [-0.2, -0.15) is 0 Å². The molecular weight excluding hydrogens is 388 g/mol. The summed E-state index contributed by atoms with van der Waals surface area (Å²) < 4.78 is 5.80. The summed E-state index contributed by atoms with van der Waals surface area (Å²) >= 11 is 0. The van der Waals surface area contributed by atoms with Gasteiger partial charge < -0.3 is 9.32 Å². The van der Waals surface area contributed by atoms with Crippen LogP contribution in [0.1, 0.15) is 42.3 Å². The number of rotatable bonds is 7. The second kappa shape index (κ2) is 8.96. The van der Waals surface area contributed by atoms with Crippen molar-refractivity contribution in [3.05, 3.63) is 102 Å². The van der Waals surface area contributed by atoms with Gasteiger partial charge in [-0.25, -0.2) is 4.98 Å². The molecule has 0 bridgehead atoms. The number of hydrogen-bond acceptors (Lipinski definition) is 4. The minimum Gasteiger partial charge on any atom is -0.440 e. The van der Waals surface area contributed by atoms with Crippen molar-refractivity contribution in [2.45, 2.75) is 25.3 Å². The second-order valence-corrected chi connectivity index (χ2v) is 7.62. The highest BCUT2D eigenvalue weighted by atomic mass is 16.3. The lowest BCUT2D eigenvalue weighted by Crippen LogP contribution is -2.33. The average Bonchev–Trinajstić information content (AvgIpc) is 3.22. The third-order valence-corrected chi connectivity index (χ3v) is 5.49. The Morgan fingerprint density at radius 1 is 0.871 bits per heavy atom. The first kappa shape index (κ1) is 20.5. The van der Waals surface area contributed by atoms with Gasteiger partial charge in [0.1, 0.15) is 17.2 Å². The standard InChI is InChI=1S/C26H24N2O3/c1-18(29)21(26-27-22-15-9-10-16-23(22)31-26)17-24(30)28(2)25(19-11-5-3-6-12-19)20-13-7-4-8-14-20/h3-16,21,25H,17H2,1-2H3/t21-/m0/s1. The van der Waals surface area contributed by atoms with Crippen molar-refractivity contribution in [2.75, 3.05) is 7.05 Å². The van der Waals surface area contributed by atoms with Crippen molar-refractivity contribution in [1.29, 1.82) is 0 Å². The molecule has 31 heavy (non-hydrogen) atoms. The van der Waals surface area contributed by atoms with Crippen molar-refractivity contribution in [3.8, 4) is 0 Å². The topological polar surface area (TPSA) is 63.4 Å². The van der Waals surface area contributed by atoms with E-state index in [-0.39, 0.29) is 30.0 Å². The molecule has 0 radical (unpaired) electrons. The molecule has 0 saturated carbocycles. The maximum Gasteiger partial charge on any atom is 0.224 e. The number of fused-ring (bicyclic) bond motifs is 1. The van der Waals surface area contributed by atoms with Crippen molar-refractivity contribution >= 4 is 22.8 Å². The van der Waals surface area contributed by atoms with Crippen LogP contribution in [-0.4, -0.2) is 28.6 Å². The summed E-state index contributed by atoms with van der Waals surface area (Å²) in [4.78, 5) is 31.9. The Morgan fingerprint density at radius 3 is 1.97 bits per heavy atom. The van der Waals surface area contributed by atoms with Gasteiger partial charge in [-0.15, -0.1) is 0 Å². The molecule has 1 aromatic heterocycles. The summed E-state index contributed by atoms with van der Waals surface area (Å²) in [7, 11) is 1.77. The van der Waals surface area contributed by atoms with E-state index in [0.29, 0.717) is 11.1 Å². The van der Waals surface area contributed by atoms with Crippen LogP contribution >= 0.6 is 0 Å². The van der Waals surface area contributed by atoms with Gasteiger partial charge in [0.25, 0.3) is 0 Å². The zero-order valence-electron chi connectivity index (χ0n) is 17.6. The Morgan fingerprint density at radius 2 is 1.42 bits per heavy atom. The normalized spacial score (nSPS) is 12.1. The molecule has 156 valence electrons. The van der Waals surface area contributed by atoms with Crippen molar-refractivity contribution in [2.24, 2.45) is 0 Å². The fraction of sp³-hybridized carbons (Fsp3) is 0.192. The lowest BCUT2D eigenvalue weighted by molar-refractivity contribution is -0.134. The molecule has 3 aromatic carbocycles. The third-order valence-electron chi connectivity index (χ3n) is 5.49. The Bertz CT molecular complexity index is 1110. The molecule has 0 aliphatic carbocycles. The van der Waals surface area contributed by atoms with Gasteiger partial charge in [0.2, 0.25) is 11.8 Å². The molecule has 0 fully saturated rings. The molecule has 5 nitrogen and oxygen atoms in total. The first-order valence-corrected chi connectivity index (χ1v) is 10.3. The lowest BCUT2D eigenvalue weighted by atomic mass is 9.95. The molecule has 0 spiro atoms. The summed E-state index contributed by atoms with van der Waals surface area (Å²) in [5, 5.41) is 0. The molecule has 0 saturated heterocycles. The summed E-state index contributed by atoms with van der Waals surface area (Å²) in [6, 6.07) is 26.8. The van der Waals surface area contributed by atoms with Gasteiger partial charge in [0.15, 0.2) is 5.58 Å². The molecule has 1 atom stereocenters. The molecule has 0 unspecified atom stereocenters. The highest BCUT2D eigenvalue weighted by molar-refractivity contribution is 5.89. The predicted octanol–water partition coefficient (Wildman–Crippen LogP) is 5.14. The van der Waals surface area contributed by atoms with Crippen LogP contribution in [0.25, 0.3) is 11.1 Å². The van der Waals surface area contributed by atoms with Crippen LogP contribution in [0.15, 0.2) is 89.3 Å². The third kappa shape index (κ3) is 4.40. The van der Waals surface area contributed by atoms with Gasteiger partial charge in [-0.3, -0.25) is 9.59 Å². The van der Waals surface area contributed by atoms with Crippen LogP contribution in [0.5, 0.6) is 0 Å². The highest BCUT2D eigenvalue weighted by Gasteiger charge is 2.30. The number of oxazole rings is 1. The minimum atomic E-state index is -0.727. The van der Waals surface area contributed by atoms with Gasteiger partial charge in [-0.05, 0) is 30.2 Å². The quantitative estimate of drug-likeness (QED) is 0.422. The predicted molar refractivity (Wildman–Crippen MR) is 120 cm³/mol. The zero-order chi connectivity index (χ0) is 21.8. The first-order chi connectivity index (χ1) is 15.0. The van der Waals surface area contributed by atoms with E-state index in [1.54, 1.807) is 18.0 Å². The fourth-order valence-corrected chi connectivity index (χ4v) is 3.82. The molecule has 5 heteroatoms. The van der Waals surface area contributed by atoms with Gasteiger partial charge in [-0.1, -0.05) is 72.8 Å². The van der Waals surface area contributed by atoms with Crippen LogP contribution in [0.4, 0.5) is 0 Å². The number of carbonyl (C=O) groups excluding carboxylic acids is 2. The number of carbonyl (C=O) groups is 2. The van der Waals surface area contributed by atoms with E-state index in [4.69, 9.17) is 4.42 Å². The Balaban J connectivity index is 1.63. The number of Topliss-reactive ketones (excluding diaryl/α,β-unsaturated/α-hetero) is 1. The Hall–Kier alpha value is -3.73. The van der Waals surface area contributed by atoms with E-state index in [1.165, 1.54) is 6.92 Å². The number of nitrogens with zero attached hydrogens (tertiary/aromatic N) is 2. The fourth-order valence-electron chi connectivity index (χ4n) is 3.82. The van der Waals surface area contributed by atoms with Crippen LogP contribution in [0.2, 0.25) is 0 Å². The van der Waals surface area contributed by atoms with Crippen molar-refractivity contribution < 1.29 is 14.0 Å². The second-order valence-electron chi connectivity index (χ2n) is 7.62. The van der Waals surface area contributed by atoms with E-state index in [0.717, 1.165) is 11.1 Å². The average molecular weight is 412 g/mol. The van der Waals surface area contributed by atoms with Crippen molar-refractivity contribution in [1.82, 2.24) is 9.88 Å². The smallest absolute Gasteiger partial charge is 0.224 e. The Kier molecular flexibility index (Phi) is 5.94. The maximum absolute atomic E-state index is 13.3. The largest absolute Gasteiger partial charge is 0.440 e. The van der Waals surface area contributed by atoms with Gasteiger partial charge in [0, 0.05) is 13.5 Å². The number of benzene rings is 3. The summed E-state index contributed by atoms with van der Waals surface area (Å²) in [5.74, 6) is -0.745. The van der Waals surface area contributed by atoms with Crippen LogP contribution in [0.3, 0.4) is 0 Å². The first-order valence-electron chi connectivity index (χ1n) is 10.3. The molecule has 1 heterocycles. The summed E-state index contributed by atoms with van der Waals surface area (Å²) in [6.45, 7) is 1.47. The molecule has 1 amide bonds. The Labute approximate surface area is 181 Å². The summed E-state index contributed by atoms with van der Waals surface area (Å²) in [6.07, 6.45) is -0.00514. The van der Waals surface area contributed by atoms with E-state index < -0.39 is 5.92 Å². The van der Waals surface area contributed by atoms with E-state index in [2.05, 4.69) is 4.98 Å². The van der Waals surface area contributed by atoms with Crippen LogP contribution in [-0.2, 0) is 9.59 Å². The van der Waals surface area contributed by atoms with Gasteiger partial charge >= 0.3 is 0 Å². The SMILES string of the molecule is CC(=O)[C@H](CC(=O)N(C)C(c1ccccc1)c1ccccc1)c1nc2ccccc2o1. The highest BCUT2D eigenvalue weighted by Crippen LogP contribution is 2.31. The molecule has 0 aliphatic heterocycles. The molecular formula is C26H24N2O3. The maximum atomic E-state index is 13.3. The molecule has 4 rings (SSSR count). The molecule has 0 aliphatic rings. The number of amides is 1. The molecule has 4 aromatic rings. The minimum absolute atomic E-state index is 0.00514. The van der Waals surface area contributed by atoms with Crippen molar-refractivity contribution in [3.63, 3.8) is 0 Å². The lowest BCUT2D eigenvalue weighted by Gasteiger charge is -2.30. The molecule has 0 N–H and O–H groups in total. The van der Waals surface area contributed by atoms with Gasteiger partial charge in [0.05, 0.1) is 6.04 Å². The van der Waals surface area contributed by atoms with Crippen LogP contribution in [0, 0.1) is 0 Å². The van der Waals surface area contributed by atoms with E-state index >= 15 is 0 Å². The number of ketones is 1.